The number of hydrogen-bond acceptors (Lipinski definition) is 10. The number of likely N-dealkylation sites (N-methyl/N-ethyl adjacent to an activating group) is 1. The largest absolute Gasteiger partial charge is 0.495 e. The number of benzene rings is 2. The number of imidazole rings is 1. The van der Waals surface area contributed by atoms with E-state index in [1.54, 1.807) is 31.6 Å². The van der Waals surface area contributed by atoms with Gasteiger partial charge in [-0.05, 0) is 30.8 Å². The number of carbonyl (C=O) groups excluding carboxylic acids is 1. The van der Waals surface area contributed by atoms with Gasteiger partial charge in [-0.3, -0.25) is 9.20 Å². The van der Waals surface area contributed by atoms with Crippen LogP contribution >= 0.6 is 23.2 Å². The molecule has 0 atom stereocenters. The molecule has 3 aromatic heterocycles. The van der Waals surface area contributed by atoms with E-state index in [1.807, 2.05) is 34.9 Å². The molecule has 250 valence electrons. The summed E-state index contributed by atoms with van der Waals surface area (Å²) in [6.45, 7) is 7.31. The summed E-state index contributed by atoms with van der Waals surface area (Å²) in [5.74, 6) is 0.889. The lowest BCUT2D eigenvalue weighted by molar-refractivity contribution is -0.111. The number of nitrogens with one attached hydrogen (secondary N) is 2. The number of methoxy groups -OCH3 is 3. The average molecular weight is 692 g/mol. The second kappa shape index (κ2) is 14.7. The van der Waals surface area contributed by atoms with Crippen molar-refractivity contribution >= 4 is 68.8 Å². The molecule has 5 aromatic rings. The SMILES string of the molecule is CCN1CCN(c2ccc(Nc3ncc4cc(-c5c(Cl)c(OC)cc(OC)c5Cl)c5nccn5c4n3)c(NC(=O)/C=C/COC)c2)CC1. The van der Waals surface area contributed by atoms with E-state index in [4.69, 9.17) is 42.4 Å². The zero-order valence-corrected chi connectivity index (χ0v) is 28.6. The maximum Gasteiger partial charge on any atom is 0.248 e. The maximum atomic E-state index is 12.9. The molecule has 0 spiro atoms. The molecule has 0 unspecified atom stereocenters. The van der Waals surface area contributed by atoms with Gasteiger partial charge in [0.05, 0.1) is 42.2 Å². The van der Waals surface area contributed by atoms with E-state index in [9.17, 15) is 4.79 Å². The molecule has 14 heteroatoms. The smallest absolute Gasteiger partial charge is 0.248 e. The van der Waals surface area contributed by atoms with Crippen molar-refractivity contribution in [2.45, 2.75) is 6.92 Å². The Balaban J connectivity index is 1.37. The van der Waals surface area contributed by atoms with Gasteiger partial charge in [0.2, 0.25) is 11.9 Å². The highest BCUT2D eigenvalue weighted by molar-refractivity contribution is 6.41. The third-order valence-corrected chi connectivity index (χ3v) is 9.02. The van der Waals surface area contributed by atoms with Gasteiger partial charge in [0.25, 0.3) is 0 Å². The minimum atomic E-state index is -0.276. The van der Waals surface area contributed by atoms with Crippen LogP contribution in [0.15, 0.2) is 61.1 Å². The summed E-state index contributed by atoms with van der Waals surface area (Å²) < 4.78 is 17.9. The van der Waals surface area contributed by atoms with Crippen LogP contribution in [0, 0.1) is 0 Å². The summed E-state index contributed by atoms with van der Waals surface area (Å²) in [5, 5.41) is 7.69. The van der Waals surface area contributed by atoms with E-state index >= 15 is 0 Å². The number of pyridine rings is 1. The average Bonchev–Trinajstić information content (AvgIpc) is 3.60. The molecule has 2 N–H and O–H groups in total. The van der Waals surface area contributed by atoms with Crippen molar-refractivity contribution in [2.24, 2.45) is 0 Å². The quantitative estimate of drug-likeness (QED) is 0.153. The molecule has 4 heterocycles. The van der Waals surface area contributed by atoms with Crippen molar-refractivity contribution < 1.29 is 19.0 Å². The van der Waals surface area contributed by atoms with E-state index in [0.717, 1.165) is 38.4 Å². The van der Waals surface area contributed by atoms with Crippen molar-refractivity contribution in [3.05, 3.63) is 71.1 Å². The maximum absolute atomic E-state index is 12.9. The van der Waals surface area contributed by atoms with Crippen molar-refractivity contribution in [2.75, 3.05) is 76.2 Å². The number of amides is 1. The van der Waals surface area contributed by atoms with Gasteiger partial charge in [0.15, 0.2) is 5.65 Å². The molecule has 1 aliphatic heterocycles. The lowest BCUT2D eigenvalue weighted by Gasteiger charge is -2.35. The highest BCUT2D eigenvalue weighted by atomic mass is 35.5. The Morgan fingerprint density at radius 2 is 1.71 bits per heavy atom. The van der Waals surface area contributed by atoms with Gasteiger partial charge in [-0.15, -0.1) is 0 Å². The number of hydrogen-bond donors (Lipinski definition) is 2. The third kappa shape index (κ3) is 6.70. The second-order valence-electron chi connectivity index (χ2n) is 11.1. The van der Waals surface area contributed by atoms with Crippen LogP contribution < -0.4 is 25.0 Å². The molecule has 0 bridgehead atoms. The molecule has 48 heavy (non-hydrogen) atoms. The summed E-state index contributed by atoms with van der Waals surface area (Å²) in [4.78, 5) is 31.7. The van der Waals surface area contributed by atoms with Crippen molar-refractivity contribution in [1.29, 1.82) is 0 Å². The number of anilines is 4. The zero-order valence-electron chi connectivity index (χ0n) is 27.1. The molecule has 0 saturated carbocycles. The standard InChI is InChI=1S/C34H36Cl2N8O4/c1-5-42-12-14-43(15-13-42)22-8-9-24(25(18-22)39-28(45)7-6-16-46-2)40-34-38-20-21-17-23(33-37-10-11-44(33)32(21)41-34)29-30(35)26(47-3)19-27(48-4)31(29)36/h6-11,17-20H,5,12-16H2,1-4H3,(H,39,45)(H,38,40,41)/b7-6+. The van der Waals surface area contributed by atoms with Gasteiger partial charge < -0.3 is 34.6 Å². The highest BCUT2D eigenvalue weighted by Gasteiger charge is 2.23. The number of nitrogens with zero attached hydrogens (tertiary/aromatic N) is 6. The number of rotatable bonds is 11. The number of halogens is 2. The topological polar surface area (TPSA) is 118 Å². The van der Waals surface area contributed by atoms with Gasteiger partial charge >= 0.3 is 0 Å². The molecule has 1 saturated heterocycles. The molecule has 12 nitrogen and oxygen atoms in total. The van der Waals surface area contributed by atoms with Gasteiger partial charge in [0.1, 0.15) is 17.1 Å². The Kier molecular flexibility index (Phi) is 10.2. The van der Waals surface area contributed by atoms with E-state index in [-0.39, 0.29) is 5.91 Å². The lowest BCUT2D eigenvalue weighted by Crippen LogP contribution is -2.46. The van der Waals surface area contributed by atoms with Gasteiger partial charge in [0, 0.05) is 86.2 Å². The number of carbonyl (C=O) groups is 1. The third-order valence-electron chi connectivity index (χ3n) is 8.27. The molecule has 1 fully saturated rings. The van der Waals surface area contributed by atoms with Gasteiger partial charge in [-0.25, -0.2) is 9.97 Å². The Labute approximate surface area is 288 Å². The molecule has 6 rings (SSSR count). The first-order valence-electron chi connectivity index (χ1n) is 15.4. The fraction of sp³-hybridized carbons (Fsp3) is 0.294. The minimum Gasteiger partial charge on any atom is -0.495 e. The van der Waals surface area contributed by atoms with Crippen LogP contribution in [0.5, 0.6) is 11.5 Å². The van der Waals surface area contributed by atoms with Gasteiger partial charge in [-0.2, -0.15) is 4.98 Å². The van der Waals surface area contributed by atoms with Crippen molar-refractivity contribution in [3.63, 3.8) is 0 Å². The molecular formula is C34H36Cl2N8O4. The normalized spacial score (nSPS) is 13.8. The summed E-state index contributed by atoms with van der Waals surface area (Å²) in [6.07, 6.45) is 8.31. The number of fused-ring (bicyclic) bond motifs is 3. The van der Waals surface area contributed by atoms with Crippen LogP contribution in [0.25, 0.3) is 27.8 Å². The number of aromatic nitrogens is 4. The van der Waals surface area contributed by atoms with Crippen LogP contribution in [0.3, 0.4) is 0 Å². The van der Waals surface area contributed by atoms with E-state index in [1.165, 1.54) is 20.3 Å². The summed E-state index contributed by atoms with van der Waals surface area (Å²) in [6, 6.07) is 9.48. The Bertz CT molecular complexity index is 1960. The molecule has 0 aliphatic carbocycles. The molecule has 1 aliphatic rings. The summed E-state index contributed by atoms with van der Waals surface area (Å²) in [7, 11) is 4.64. The first-order valence-corrected chi connectivity index (χ1v) is 16.2. The number of ether oxygens (including phenoxy) is 3. The van der Waals surface area contributed by atoms with Crippen molar-refractivity contribution in [1.82, 2.24) is 24.3 Å². The fourth-order valence-electron chi connectivity index (χ4n) is 5.75. The molecule has 2 aromatic carbocycles. The second-order valence-corrected chi connectivity index (χ2v) is 11.8. The first-order chi connectivity index (χ1) is 23.3. The minimum absolute atomic E-state index is 0.276. The highest BCUT2D eigenvalue weighted by Crippen LogP contribution is 2.47. The van der Waals surface area contributed by atoms with E-state index in [0.29, 0.717) is 73.3 Å². The summed E-state index contributed by atoms with van der Waals surface area (Å²) >= 11 is 13.6. The van der Waals surface area contributed by atoms with Crippen LogP contribution in [0.1, 0.15) is 6.92 Å². The first kappa shape index (κ1) is 33.3. The van der Waals surface area contributed by atoms with E-state index < -0.39 is 0 Å². The van der Waals surface area contributed by atoms with Crippen LogP contribution in [0.2, 0.25) is 10.0 Å². The lowest BCUT2D eigenvalue weighted by atomic mass is 10.0. The number of piperazine rings is 1. The molecular weight excluding hydrogens is 655 g/mol. The monoisotopic (exact) mass is 690 g/mol. The summed E-state index contributed by atoms with van der Waals surface area (Å²) in [5.41, 5.74) is 4.61. The molecule has 0 radical (unpaired) electrons. The predicted octanol–water partition coefficient (Wildman–Crippen LogP) is 6.30. The van der Waals surface area contributed by atoms with Crippen LogP contribution in [0.4, 0.5) is 23.0 Å². The van der Waals surface area contributed by atoms with Crippen LogP contribution in [-0.4, -0.2) is 90.8 Å². The molecule has 1 amide bonds. The van der Waals surface area contributed by atoms with E-state index in [2.05, 4.69) is 37.3 Å². The van der Waals surface area contributed by atoms with Crippen molar-refractivity contribution in [3.8, 4) is 22.6 Å². The van der Waals surface area contributed by atoms with Crippen LogP contribution in [-0.2, 0) is 9.53 Å². The predicted molar refractivity (Wildman–Crippen MR) is 191 cm³/mol. The zero-order chi connectivity index (χ0) is 33.8. The fourth-order valence-corrected chi connectivity index (χ4v) is 6.45. The Morgan fingerprint density at radius 1 is 0.958 bits per heavy atom. The Hall–Kier alpha value is -4.62. The Morgan fingerprint density at radius 3 is 2.40 bits per heavy atom. The van der Waals surface area contributed by atoms with Gasteiger partial charge in [-0.1, -0.05) is 36.2 Å².